The average molecular weight is 506 g/mol. The van der Waals surface area contributed by atoms with Crippen molar-refractivity contribution in [2.75, 3.05) is 13.6 Å². The minimum Gasteiger partial charge on any atom is -0.434 e. The Kier molecular flexibility index (Phi) is 9.03. The van der Waals surface area contributed by atoms with Gasteiger partial charge in [-0.2, -0.15) is 8.78 Å². The van der Waals surface area contributed by atoms with Crippen LogP contribution in [0.5, 0.6) is 5.75 Å². The van der Waals surface area contributed by atoms with Crippen LogP contribution in [-0.2, 0) is 19.3 Å². The normalized spacial score (nSPS) is 13.1. The third-order valence-electron chi connectivity index (χ3n) is 6.03. The van der Waals surface area contributed by atoms with Gasteiger partial charge in [-0.25, -0.2) is 9.98 Å². The van der Waals surface area contributed by atoms with Gasteiger partial charge in [0.2, 0.25) is 0 Å². The molecule has 0 N–H and O–H groups in total. The van der Waals surface area contributed by atoms with Gasteiger partial charge in [0.1, 0.15) is 5.75 Å². The van der Waals surface area contributed by atoms with E-state index in [-0.39, 0.29) is 18.2 Å². The van der Waals surface area contributed by atoms with Crippen molar-refractivity contribution in [2.24, 2.45) is 4.99 Å². The van der Waals surface area contributed by atoms with Gasteiger partial charge in [-0.05, 0) is 68.4 Å². The number of aliphatic imine (C=N–C) groups is 1. The molecule has 2 aromatic carbocycles. The Labute approximate surface area is 210 Å². The third kappa shape index (κ3) is 6.33. The summed E-state index contributed by atoms with van der Waals surface area (Å²) in [5.41, 5.74) is 7.10. The molecule has 0 fully saturated rings. The Morgan fingerprint density at radius 3 is 2.68 bits per heavy atom. The van der Waals surface area contributed by atoms with E-state index in [1.807, 2.05) is 37.2 Å². The lowest BCUT2D eigenvalue weighted by Crippen LogP contribution is -2.14. The van der Waals surface area contributed by atoms with Gasteiger partial charge in [0.25, 0.3) is 0 Å². The fraction of sp³-hybridized carbons (Fsp3) is 0.385. The molecule has 0 atom stereocenters. The van der Waals surface area contributed by atoms with E-state index in [1.165, 1.54) is 24.0 Å². The van der Waals surface area contributed by atoms with E-state index in [9.17, 15) is 8.78 Å². The van der Waals surface area contributed by atoms with Gasteiger partial charge in [-0.1, -0.05) is 12.1 Å². The smallest absolute Gasteiger partial charge is 0.387 e. The Morgan fingerprint density at radius 2 is 1.94 bits per heavy atom. The molecule has 34 heavy (non-hydrogen) atoms. The molecule has 0 unspecified atom stereocenters. The summed E-state index contributed by atoms with van der Waals surface area (Å²) in [5, 5.41) is 2.91. The van der Waals surface area contributed by atoms with E-state index in [0.29, 0.717) is 17.7 Å². The number of rotatable bonds is 8. The molecule has 0 radical (unpaired) electrons. The van der Waals surface area contributed by atoms with Crippen molar-refractivity contribution in [3.8, 4) is 17.0 Å². The summed E-state index contributed by atoms with van der Waals surface area (Å²) in [5.74, 6) is 0.146. The standard InChI is InChI=1S/C26H29F2N3OS.ClH/c1-4-31(3)16-29-22-14-24(32-26(27)28)21(11-17(22)2)13-25-30-23(15-33-25)20-10-9-18-7-5-6-8-19(18)12-20;/h9-12,14-16,26H,4-8,13H2,1-3H3;1H. The quantitative estimate of drug-likeness (QED) is 0.239. The first-order valence-corrected chi connectivity index (χ1v) is 12.2. The fourth-order valence-corrected chi connectivity index (χ4v) is 4.87. The molecule has 0 bridgehead atoms. The number of aromatic nitrogens is 1. The highest BCUT2D eigenvalue weighted by Crippen LogP contribution is 2.34. The number of thiazole rings is 1. The number of fused-ring (bicyclic) bond motifs is 1. The lowest BCUT2D eigenvalue weighted by molar-refractivity contribution is -0.0503. The van der Waals surface area contributed by atoms with Gasteiger partial charge in [-0.15, -0.1) is 23.7 Å². The maximum absolute atomic E-state index is 13.1. The van der Waals surface area contributed by atoms with Crippen LogP contribution in [-0.4, -0.2) is 36.4 Å². The highest BCUT2D eigenvalue weighted by Gasteiger charge is 2.16. The van der Waals surface area contributed by atoms with Crippen molar-refractivity contribution >= 4 is 35.8 Å². The van der Waals surface area contributed by atoms with Crippen LogP contribution >= 0.6 is 23.7 Å². The molecular weight excluding hydrogens is 476 g/mol. The Bertz CT molecular complexity index is 1150. The van der Waals surface area contributed by atoms with Crippen LogP contribution in [0, 0.1) is 6.92 Å². The number of halogens is 3. The molecule has 1 aliphatic carbocycles. The van der Waals surface area contributed by atoms with Crippen molar-refractivity contribution in [3.63, 3.8) is 0 Å². The Hall–Kier alpha value is -2.51. The summed E-state index contributed by atoms with van der Waals surface area (Å²) in [6.07, 6.45) is 6.89. The van der Waals surface area contributed by atoms with Crippen LogP contribution < -0.4 is 4.74 Å². The van der Waals surface area contributed by atoms with Crippen LogP contribution in [0.1, 0.15) is 47.0 Å². The number of alkyl halides is 2. The number of benzene rings is 2. The van der Waals surface area contributed by atoms with Crippen LogP contribution in [0.15, 0.2) is 40.7 Å². The highest BCUT2D eigenvalue weighted by molar-refractivity contribution is 7.10. The van der Waals surface area contributed by atoms with Gasteiger partial charge < -0.3 is 9.64 Å². The summed E-state index contributed by atoms with van der Waals surface area (Å²) < 4.78 is 31.1. The summed E-state index contributed by atoms with van der Waals surface area (Å²) in [7, 11) is 1.91. The molecule has 0 saturated carbocycles. The van der Waals surface area contributed by atoms with Crippen molar-refractivity contribution < 1.29 is 13.5 Å². The van der Waals surface area contributed by atoms with Crippen LogP contribution in [0.2, 0.25) is 0 Å². The maximum Gasteiger partial charge on any atom is 0.387 e. The first-order valence-electron chi connectivity index (χ1n) is 11.3. The second-order valence-corrected chi connectivity index (χ2v) is 9.38. The first-order chi connectivity index (χ1) is 15.9. The fourth-order valence-electron chi connectivity index (χ4n) is 4.04. The molecule has 0 saturated heterocycles. The molecule has 4 nitrogen and oxygen atoms in total. The van der Waals surface area contributed by atoms with Crippen LogP contribution in [0.4, 0.5) is 14.5 Å². The molecule has 1 aliphatic rings. The molecule has 1 heterocycles. The average Bonchev–Trinajstić information content (AvgIpc) is 3.27. The largest absolute Gasteiger partial charge is 0.434 e. The first kappa shape index (κ1) is 26.1. The van der Waals surface area contributed by atoms with Gasteiger partial charge in [0.15, 0.2) is 0 Å². The van der Waals surface area contributed by atoms with E-state index >= 15 is 0 Å². The predicted molar refractivity (Wildman–Crippen MR) is 139 cm³/mol. The topological polar surface area (TPSA) is 37.7 Å². The van der Waals surface area contributed by atoms with Gasteiger partial charge in [0.05, 0.1) is 22.7 Å². The monoisotopic (exact) mass is 505 g/mol. The van der Waals surface area contributed by atoms with Gasteiger partial charge >= 0.3 is 6.61 Å². The van der Waals surface area contributed by atoms with E-state index in [2.05, 4.69) is 23.2 Å². The molecule has 3 aromatic rings. The maximum atomic E-state index is 13.1. The summed E-state index contributed by atoms with van der Waals surface area (Å²) in [6, 6.07) is 10.1. The van der Waals surface area contributed by atoms with E-state index < -0.39 is 6.61 Å². The zero-order valence-electron chi connectivity index (χ0n) is 19.7. The molecule has 1 aromatic heterocycles. The van der Waals surface area contributed by atoms with E-state index in [1.54, 1.807) is 23.7 Å². The lowest BCUT2D eigenvalue weighted by Gasteiger charge is -2.16. The van der Waals surface area contributed by atoms with Gasteiger partial charge in [-0.3, -0.25) is 0 Å². The molecule has 4 rings (SSSR count). The van der Waals surface area contributed by atoms with E-state index in [4.69, 9.17) is 9.72 Å². The molecule has 8 heteroatoms. The molecule has 0 spiro atoms. The SMILES string of the molecule is CCN(C)C=Nc1cc(OC(F)F)c(Cc2nc(-c3ccc4c(c3)CCCC4)cs2)cc1C.Cl. The van der Waals surface area contributed by atoms with Crippen LogP contribution in [0.25, 0.3) is 11.3 Å². The summed E-state index contributed by atoms with van der Waals surface area (Å²) in [6.45, 7) is 1.84. The summed E-state index contributed by atoms with van der Waals surface area (Å²) in [4.78, 5) is 11.2. The Morgan fingerprint density at radius 1 is 1.18 bits per heavy atom. The van der Waals surface area contributed by atoms with Crippen molar-refractivity contribution in [1.29, 1.82) is 0 Å². The summed E-state index contributed by atoms with van der Waals surface area (Å²) >= 11 is 1.54. The minimum atomic E-state index is -2.90. The lowest BCUT2D eigenvalue weighted by atomic mass is 9.90. The van der Waals surface area contributed by atoms with Crippen molar-refractivity contribution in [1.82, 2.24) is 9.88 Å². The number of aryl methyl sites for hydroxylation is 3. The number of ether oxygens (including phenoxy) is 1. The number of hydrogen-bond acceptors (Lipinski definition) is 4. The number of nitrogens with zero attached hydrogens (tertiary/aromatic N) is 3. The van der Waals surface area contributed by atoms with Crippen LogP contribution in [0.3, 0.4) is 0 Å². The van der Waals surface area contributed by atoms with Crippen molar-refractivity contribution in [3.05, 3.63) is 63.0 Å². The second-order valence-electron chi connectivity index (χ2n) is 8.44. The highest BCUT2D eigenvalue weighted by atomic mass is 35.5. The zero-order valence-corrected chi connectivity index (χ0v) is 21.3. The molecule has 182 valence electrons. The van der Waals surface area contributed by atoms with Crippen molar-refractivity contribution in [2.45, 2.75) is 52.6 Å². The predicted octanol–water partition coefficient (Wildman–Crippen LogP) is 7.22. The minimum absolute atomic E-state index is 0. The molecule has 0 aliphatic heterocycles. The second kappa shape index (κ2) is 11.8. The Balaban J connectivity index is 0.00000324. The van der Waals surface area contributed by atoms with E-state index in [0.717, 1.165) is 41.2 Å². The van der Waals surface area contributed by atoms with Gasteiger partial charge in [0, 0.05) is 42.6 Å². The zero-order chi connectivity index (χ0) is 23.4. The third-order valence-corrected chi connectivity index (χ3v) is 6.87. The number of hydrogen-bond donors (Lipinski definition) is 0. The molecular formula is C26H30ClF2N3OS. The molecule has 0 amide bonds.